The number of hydrogen-bond donors (Lipinski definition) is 1. The van der Waals surface area contributed by atoms with Gasteiger partial charge in [0.05, 0.1) is 19.6 Å². The Hall–Kier alpha value is -4.65. The van der Waals surface area contributed by atoms with Gasteiger partial charge in [-0.1, -0.05) is 42.5 Å². The fourth-order valence-corrected chi connectivity index (χ4v) is 4.08. The van der Waals surface area contributed by atoms with Crippen molar-refractivity contribution in [3.8, 4) is 34.5 Å². The van der Waals surface area contributed by atoms with E-state index in [0.717, 1.165) is 23.7 Å². The molecule has 0 aliphatic rings. The standard InChI is InChI=1S/C26H21F3N4O5S/c1-36-19-10-6-7-11-20(19)38-22-24(33-39(34,35)15-14-17-8-4-3-5-9-17)31-23(32-25(22)37-2)18-12-13-21(30-16-18)26(27,28)29/h3-16H,1-2H3,(H,31,32,33). The van der Waals surface area contributed by atoms with E-state index < -0.39 is 21.9 Å². The van der Waals surface area contributed by atoms with Crippen LogP contribution in [0.1, 0.15) is 11.3 Å². The van der Waals surface area contributed by atoms with Gasteiger partial charge in [-0.15, -0.1) is 0 Å². The predicted molar refractivity (Wildman–Crippen MR) is 138 cm³/mol. The fourth-order valence-electron chi connectivity index (χ4n) is 3.27. The molecule has 0 spiro atoms. The van der Waals surface area contributed by atoms with Gasteiger partial charge in [0.25, 0.3) is 15.9 Å². The zero-order chi connectivity index (χ0) is 28.0. The van der Waals surface area contributed by atoms with Gasteiger partial charge in [-0.3, -0.25) is 9.71 Å². The van der Waals surface area contributed by atoms with Crippen LogP contribution in [-0.2, 0) is 16.2 Å². The van der Waals surface area contributed by atoms with Crippen LogP contribution in [0.15, 0.2) is 78.3 Å². The third kappa shape index (κ3) is 6.82. The highest BCUT2D eigenvalue weighted by atomic mass is 32.2. The number of aromatic nitrogens is 3. The fraction of sp³-hybridized carbons (Fsp3) is 0.115. The molecule has 0 unspecified atom stereocenters. The van der Waals surface area contributed by atoms with Gasteiger partial charge in [0.15, 0.2) is 23.1 Å². The molecule has 0 atom stereocenters. The van der Waals surface area contributed by atoms with E-state index in [1.807, 2.05) is 0 Å². The average molecular weight is 559 g/mol. The molecule has 0 bridgehead atoms. The van der Waals surface area contributed by atoms with E-state index in [1.165, 1.54) is 20.3 Å². The Morgan fingerprint density at radius 1 is 0.872 bits per heavy atom. The molecule has 0 amide bonds. The molecule has 4 aromatic rings. The molecule has 0 radical (unpaired) electrons. The van der Waals surface area contributed by atoms with Gasteiger partial charge in [0.1, 0.15) is 5.69 Å². The second-order valence-corrected chi connectivity index (χ2v) is 9.34. The number of methoxy groups -OCH3 is 2. The summed E-state index contributed by atoms with van der Waals surface area (Å²) in [6.07, 6.45) is -2.34. The van der Waals surface area contributed by atoms with Crippen LogP contribution in [0.4, 0.5) is 19.0 Å². The minimum absolute atomic E-state index is 0.0745. The van der Waals surface area contributed by atoms with E-state index in [9.17, 15) is 21.6 Å². The number of halogens is 3. The minimum Gasteiger partial charge on any atom is -0.493 e. The lowest BCUT2D eigenvalue weighted by molar-refractivity contribution is -0.141. The summed E-state index contributed by atoms with van der Waals surface area (Å²) in [5, 5.41) is 0.934. The highest BCUT2D eigenvalue weighted by Gasteiger charge is 2.32. The third-order valence-corrected chi connectivity index (χ3v) is 6.07. The quantitative estimate of drug-likeness (QED) is 0.275. The molecule has 2 aromatic heterocycles. The van der Waals surface area contributed by atoms with E-state index >= 15 is 0 Å². The van der Waals surface area contributed by atoms with Gasteiger partial charge in [-0.2, -0.15) is 18.2 Å². The van der Waals surface area contributed by atoms with Crippen LogP contribution < -0.4 is 18.9 Å². The number of hydrogen-bond acceptors (Lipinski definition) is 8. The second-order valence-electron chi connectivity index (χ2n) is 7.78. The van der Waals surface area contributed by atoms with E-state index in [0.29, 0.717) is 11.3 Å². The first kappa shape index (κ1) is 27.4. The van der Waals surface area contributed by atoms with Crippen molar-refractivity contribution >= 4 is 21.9 Å². The maximum absolute atomic E-state index is 13.0. The van der Waals surface area contributed by atoms with Crippen molar-refractivity contribution in [3.05, 3.63) is 89.6 Å². The average Bonchev–Trinajstić information content (AvgIpc) is 2.93. The monoisotopic (exact) mass is 558 g/mol. The van der Waals surface area contributed by atoms with E-state index in [2.05, 4.69) is 19.7 Å². The van der Waals surface area contributed by atoms with Crippen molar-refractivity contribution in [1.29, 1.82) is 0 Å². The lowest BCUT2D eigenvalue weighted by atomic mass is 10.2. The van der Waals surface area contributed by atoms with Crippen LogP contribution in [0.3, 0.4) is 0 Å². The molecule has 4 rings (SSSR count). The summed E-state index contributed by atoms with van der Waals surface area (Å²) < 4.78 is 83.8. The zero-order valence-corrected chi connectivity index (χ0v) is 21.3. The number of sulfonamides is 1. The number of rotatable bonds is 9. The first-order valence-electron chi connectivity index (χ1n) is 11.2. The van der Waals surface area contributed by atoms with Gasteiger partial charge < -0.3 is 14.2 Å². The van der Waals surface area contributed by atoms with E-state index in [1.54, 1.807) is 54.6 Å². The Morgan fingerprint density at radius 2 is 1.56 bits per heavy atom. The molecule has 0 aliphatic carbocycles. The van der Waals surface area contributed by atoms with Crippen LogP contribution in [0.2, 0.25) is 0 Å². The number of para-hydroxylation sites is 2. The van der Waals surface area contributed by atoms with Crippen LogP contribution in [0, 0.1) is 0 Å². The molecule has 2 heterocycles. The molecule has 0 saturated carbocycles. The molecule has 0 saturated heterocycles. The Kier molecular flexibility index (Phi) is 8.00. The maximum atomic E-state index is 13.0. The van der Waals surface area contributed by atoms with Gasteiger partial charge >= 0.3 is 6.18 Å². The van der Waals surface area contributed by atoms with Crippen LogP contribution >= 0.6 is 0 Å². The highest BCUT2D eigenvalue weighted by molar-refractivity contribution is 7.95. The van der Waals surface area contributed by atoms with Crippen molar-refractivity contribution in [3.63, 3.8) is 0 Å². The van der Waals surface area contributed by atoms with Crippen LogP contribution in [-0.4, -0.2) is 37.6 Å². The number of ether oxygens (including phenoxy) is 3. The summed E-state index contributed by atoms with van der Waals surface area (Å²) in [6, 6.07) is 17.1. The summed E-state index contributed by atoms with van der Waals surface area (Å²) in [7, 11) is -1.48. The lowest BCUT2D eigenvalue weighted by Crippen LogP contribution is -2.13. The molecule has 13 heteroatoms. The summed E-state index contributed by atoms with van der Waals surface area (Å²) in [5.74, 6) is -0.372. The second kappa shape index (κ2) is 11.4. The molecule has 39 heavy (non-hydrogen) atoms. The molecular formula is C26H21F3N4O5S. The normalized spacial score (nSPS) is 11.8. The lowest BCUT2D eigenvalue weighted by Gasteiger charge is -2.17. The van der Waals surface area contributed by atoms with E-state index in [-0.39, 0.29) is 34.6 Å². The zero-order valence-electron chi connectivity index (χ0n) is 20.5. The number of pyridine rings is 1. The van der Waals surface area contributed by atoms with E-state index in [4.69, 9.17) is 14.2 Å². The predicted octanol–water partition coefficient (Wildman–Crippen LogP) is 5.78. The summed E-state index contributed by atoms with van der Waals surface area (Å²) in [4.78, 5) is 11.9. The molecule has 9 nitrogen and oxygen atoms in total. The Bertz CT molecular complexity index is 1580. The smallest absolute Gasteiger partial charge is 0.433 e. The third-order valence-electron chi connectivity index (χ3n) is 5.10. The minimum atomic E-state index is -4.64. The molecule has 202 valence electrons. The summed E-state index contributed by atoms with van der Waals surface area (Å²) in [5.41, 5.74) is -0.406. The largest absolute Gasteiger partial charge is 0.493 e. The van der Waals surface area contributed by atoms with Crippen LogP contribution in [0.5, 0.6) is 23.1 Å². The molecule has 2 aromatic carbocycles. The topological polar surface area (TPSA) is 113 Å². The summed E-state index contributed by atoms with van der Waals surface area (Å²) >= 11 is 0. The Morgan fingerprint density at radius 3 is 2.18 bits per heavy atom. The van der Waals surface area contributed by atoms with Gasteiger partial charge in [0.2, 0.25) is 5.75 Å². The van der Waals surface area contributed by atoms with Crippen molar-refractivity contribution in [2.24, 2.45) is 0 Å². The number of benzene rings is 2. The van der Waals surface area contributed by atoms with Crippen molar-refractivity contribution in [2.45, 2.75) is 6.18 Å². The number of nitrogens with one attached hydrogen (secondary N) is 1. The van der Waals surface area contributed by atoms with Gasteiger partial charge in [-0.05, 0) is 35.9 Å². The number of nitrogens with zero attached hydrogens (tertiary/aromatic N) is 3. The van der Waals surface area contributed by atoms with Gasteiger partial charge in [-0.25, -0.2) is 13.4 Å². The Balaban J connectivity index is 1.80. The first-order chi connectivity index (χ1) is 18.6. The maximum Gasteiger partial charge on any atom is 0.433 e. The van der Waals surface area contributed by atoms with Crippen LogP contribution in [0.25, 0.3) is 17.5 Å². The molecule has 0 fully saturated rings. The van der Waals surface area contributed by atoms with Gasteiger partial charge in [0, 0.05) is 11.8 Å². The Labute approximate surface area is 222 Å². The first-order valence-corrected chi connectivity index (χ1v) is 12.7. The molecule has 1 N–H and O–H groups in total. The van der Waals surface area contributed by atoms with Crippen molar-refractivity contribution < 1.29 is 35.8 Å². The number of anilines is 1. The SMILES string of the molecule is COc1ccccc1Oc1c(NS(=O)(=O)C=Cc2ccccc2)nc(-c2ccc(C(F)(F)F)nc2)nc1OC. The van der Waals surface area contributed by atoms with Crippen molar-refractivity contribution in [1.82, 2.24) is 15.0 Å². The molecule has 0 aliphatic heterocycles. The summed E-state index contributed by atoms with van der Waals surface area (Å²) in [6.45, 7) is 0. The molecular weight excluding hydrogens is 537 g/mol. The highest BCUT2D eigenvalue weighted by Crippen LogP contribution is 2.41. The number of alkyl halides is 3. The van der Waals surface area contributed by atoms with Crippen molar-refractivity contribution in [2.75, 3.05) is 18.9 Å².